The molecule has 1 unspecified atom stereocenters. The van der Waals surface area contributed by atoms with Crippen LogP contribution < -0.4 is 5.32 Å². The van der Waals surface area contributed by atoms with Crippen molar-refractivity contribution in [3.8, 4) is 0 Å². The van der Waals surface area contributed by atoms with Crippen LogP contribution in [0.1, 0.15) is 12.7 Å². The Morgan fingerprint density at radius 1 is 1.53 bits per heavy atom. The number of urea groups is 1. The highest BCUT2D eigenvalue weighted by Crippen LogP contribution is 2.09. The lowest BCUT2D eigenvalue weighted by molar-refractivity contribution is -0.155. The van der Waals surface area contributed by atoms with Crippen LogP contribution in [-0.2, 0) is 17.9 Å². The minimum Gasteiger partial charge on any atom is -0.479 e. The van der Waals surface area contributed by atoms with Gasteiger partial charge >= 0.3 is 12.0 Å². The van der Waals surface area contributed by atoms with Gasteiger partial charge in [-0.05, 0) is 6.92 Å². The first kappa shape index (κ1) is 13.3. The van der Waals surface area contributed by atoms with Gasteiger partial charge in [-0.15, -0.1) is 10.2 Å². The number of amides is 2. The lowest BCUT2D eigenvalue weighted by atomic mass is 10.1. The van der Waals surface area contributed by atoms with Crippen LogP contribution in [-0.4, -0.2) is 60.6 Å². The number of nitrogens with one attached hydrogen (secondary N) is 1. The van der Waals surface area contributed by atoms with Crippen LogP contribution in [0.25, 0.3) is 0 Å². The fraction of sp³-hybridized carbons (Fsp3) is 0.600. The van der Waals surface area contributed by atoms with E-state index in [1.807, 2.05) is 4.57 Å². The molecule has 9 heteroatoms. The molecule has 1 aromatic heterocycles. The molecule has 0 aliphatic carbocycles. The number of carbonyl (C=O) groups is 2. The second-order valence-corrected chi connectivity index (χ2v) is 4.60. The second kappa shape index (κ2) is 4.84. The molecule has 3 N–H and O–H groups in total. The van der Waals surface area contributed by atoms with Crippen molar-refractivity contribution in [1.82, 2.24) is 25.0 Å². The van der Waals surface area contributed by atoms with Crippen molar-refractivity contribution in [2.24, 2.45) is 0 Å². The number of carboxylic acid groups (broad SMARTS) is 1. The van der Waals surface area contributed by atoms with E-state index in [-0.39, 0.29) is 6.54 Å². The summed E-state index contributed by atoms with van der Waals surface area (Å²) in [6, 6.07) is -0.434. The van der Waals surface area contributed by atoms with E-state index in [0.29, 0.717) is 25.5 Å². The molecule has 2 rings (SSSR count). The molecule has 0 bridgehead atoms. The standard InChI is InChI=1S/C10H15N5O4/c1-10(19,8(16)17)5-11-9(18)14-2-3-15-6-12-13-7(15)4-14/h6,19H,2-5H2,1H3,(H,11,18)(H,16,17). The molecule has 0 saturated heterocycles. The molecule has 9 nitrogen and oxygen atoms in total. The van der Waals surface area contributed by atoms with Gasteiger partial charge in [0.25, 0.3) is 0 Å². The molecule has 1 atom stereocenters. The minimum atomic E-state index is -1.98. The maximum atomic E-state index is 11.9. The lowest BCUT2D eigenvalue weighted by Gasteiger charge is -2.28. The van der Waals surface area contributed by atoms with E-state index in [0.717, 1.165) is 6.92 Å². The lowest BCUT2D eigenvalue weighted by Crippen LogP contribution is -2.51. The number of aromatic nitrogens is 3. The Kier molecular flexibility index (Phi) is 3.38. The van der Waals surface area contributed by atoms with Gasteiger partial charge in [0.2, 0.25) is 0 Å². The van der Waals surface area contributed by atoms with Gasteiger partial charge in [0.15, 0.2) is 11.4 Å². The SMILES string of the molecule is CC(O)(CNC(=O)N1CCn2cnnc2C1)C(=O)O. The number of carboxylic acids is 1. The quantitative estimate of drug-likeness (QED) is 0.623. The first-order valence-electron chi connectivity index (χ1n) is 5.75. The summed E-state index contributed by atoms with van der Waals surface area (Å²) in [6.07, 6.45) is 1.60. The van der Waals surface area contributed by atoms with Gasteiger partial charge in [-0.3, -0.25) is 0 Å². The average Bonchev–Trinajstić information content (AvgIpc) is 2.82. The summed E-state index contributed by atoms with van der Waals surface area (Å²) in [5.41, 5.74) is -1.98. The summed E-state index contributed by atoms with van der Waals surface area (Å²) in [7, 11) is 0. The van der Waals surface area contributed by atoms with E-state index in [9.17, 15) is 14.7 Å². The zero-order valence-corrected chi connectivity index (χ0v) is 10.4. The molecular weight excluding hydrogens is 254 g/mol. The molecule has 19 heavy (non-hydrogen) atoms. The number of hydrogen-bond donors (Lipinski definition) is 3. The molecule has 1 aliphatic heterocycles. The number of aliphatic carboxylic acids is 1. The first-order valence-corrected chi connectivity index (χ1v) is 5.75. The van der Waals surface area contributed by atoms with Crippen molar-refractivity contribution in [1.29, 1.82) is 0 Å². The number of fused-ring (bicyclic) bond motifs is 1. The average molecular weight is 269 g/mol. The smallest absolute Gasteiger partial charge is 0.337 e. The van der Waals surface area contributed by atoms with Crippen LogP contribution in [0.2, 0.25) is 0 Å². The highest BCUT2D eigenvalue weighted by Gasteiger charge is 2.31. The third-order valence-corrected chi connectivity index (χ3v) is 2.97. The number of hydrogen-bond acceptors (Lipinski definition) is 5. The fourth-order valence-corrected chi connectivity index (χ4v) is 1.67. The minimum absolute atomic E-state index is 0.307. The first-order chi connectivity index (χ1) is 8.90. The summed E-state index contributed by atoms with van der Waals surface area (Å²) in [4.78, 5) is 24.0. The van der Waals surface area contributed by atoms with E-state index < -0.39 is 17.6 Å². The van der Waals surface area contributed by atoms with Gasteiger partial charge in [0.1, 0.15) is 6.33 Å². The number of nitrogens with zero attached hydrogens (tertiary/aromatic N) is 4. The second-order valence-electron chi connectivity index (χ2n) is 4.60. The predicted octanol–water partition coefficient (Wildman–Crippen LogP) is -1.36. The molecular formula is C10H15N5O4. The summed E-state index contributed by atoms with van der Waals surface area (Å²) in [6.45, 7) is 2.14. The number of aliphatic hydroxyl groups is 1. The largest absolute Gasteiger partial charge is 0.479 e. The van der Waals surface area contributed by atoms with Gasteiger partial charge < -0.3 is 25.0 Å². The zero-order valence-electron chi connectivity index (χ0n) is 10.4. The van der Waals surface area contributed by atoms with Crippen LogP contribution in [0.3, 0.4) is 0 Å². The van der Waals surface area contributed by atoms with E-state index in [4.69, 9.17) is 5.11 Å². The molecule has 1 aliphatic rings. The molecule has 1 aromatic rings. The summed E-state index contributed by atoms with van der Waals surface area (Å²) >= 11 is 0. The molecule has 0 spiro atoms. The summed E-state index contributed by atoms with van der Waals surface area (Å²) < 4.78 is 1.84. The van der Waals surface area contributed by atoms with E-state index in [1.54, 1.807) is 6.33 Å². The third-order valence-electron chi connectivity index (χ3n) is 2.97. The zero-order chi connectivity index (χ0) is 14.0. The monoisotopic (exact) mass is 269 g/mol. The van der Waals surface area contributed by atoms with Gasteiger partial charge in [0, 0.05) is 13.1 Å². The fourth-order valence-electron chi connectivity index (χ4n) is 1.67. The maximum absolute atomic E-state index is 11.9. The van der Waals surface area contributed by atoms with Gasteiger partial charge in [-0.25, -0.2) is 9.59 Å². The van der Waals surface area contributed by atoms with Crippen LogP contribution in [0.5, 0.6) is 0 Å². The van der Waals surface area contributed by atoms with Crippen molar-refractivity contribution in [2.75, 3.05) is 13.1 Å². The van der Waals surface area contributed by atoms with Gasteiger partial charge in [0.05, 0.1) is 13.1 Å². The Labute approximate surface area is 108 Å². The summed E-state index contributed by atoms with van der Waals surface area (Å²) in [5.74, 6) is -0.711. The molecule has 0 radical (unpaired) electrons. The Bertz CT molecular complexity index is 498. The molecule has 0 saturated carbocycles. The van der Waals surface area contributed by atoms with Crippen LogP contribution in [0.15, 0.2) is 6.33 Å². The Morgan fingerprint density at radius 3 is 2.95 bits per heavy atom. The predicted molar refractivity (Wildman–Crippen MR) is 62.1 cm³/mol. The van der Waals surface area contributed by atoms with Crippen molar-refractivity contribution in [3.05, 3.63) is 12.2 Å². The Balaban J connectivity index is 1.90. The van der Waals surface area contributed by atoms with Gasteiger partial charge in [-0.2, -0.15) is 0 Å². The van der Waals surface area contributed by atoms with Crippen molar-refractivity contribution in [2.45, 2.75) is 25.6 Å². The van der Waals surface area contributed by atoms with Gasteiger partial charge in [-0.1, -0.05) is 0 Å². The van der Waals surface area contributed by atoms with Crippen LogP contribution >= 0.6 is 0 Å². The van der Waals surface area contributed by atoms with Crippen molar-refractivity contribution < 1.29 is 19.8 Å². The third kappa shape index (κ3) is 2.81. The highest BCUT2D eigenvalue weighted by atomic mass is 16.4. The molecule has 0 aromatic carbocycles. The number of rotatable bonds is 3. The Morgan fingerprint density at radius 2 is 2.26 bits per heavy atom. The Hall–Kier alpha value is -2.16. The topological polar surface area (TPSA) is 121 Å². The highest BCUT2D eigenvalue weighted by molar-refractivity contribution is 5.79. The summed E-state index contributed by atoms with van der Waals surface area (Å²) in [5, 5.41) is 28.2. The van der Waals surface area contributed by atoms with E-state index in [2.05, 4.69) is 15.5 Å². The van der Waals surface area contributed by atoms with Crippen LogP contribution in [0, 0.1) is 0 Å². The van der Waals surface area contributed by atoms with E-state index >= 15 is 0 Å². The molecule has 2 heterocycles. The molecule has 104 valence electrons. The normalized spacial score (nSPS) is 17.5. The maximum Gasteiger partial charge on any atom is 0.337 e. The molecule has 0 fully saturated rings. The van der Waals surface area contributed by atoms with Crippen LogP contribution in [0.4, 0.5) is 4.79 Å². The van der Waals surface area contributed by atoms with E-state index in [1.165, 1.54) is 4.90 Å². The van der Waals surface area contributed by atoms with Crippen molar-refractivity contribution >= 4 is 12.0 Å². The van der Waals surface area contributed by atoms with Crippen molar-refractivity contribution in [3.63, 3.8) is 0 Å². The molecule has 2 amide bonds. The number of carbonyl (C=O) groups excluding carboxylic acids is 1.